The van der Waals surface area contributed by atoms with Crippen LogP contribution in [0.15, 0.2) is 66.3 Å². The molecule has 0 N–H and O–H groups in total. The normalized spacial score (nSPS) is 13.2. The molecule has 4 nitrogen and oxygen atoms in total. The summed E-state index contributed by atoms with van der Waals surface area (Å²) in [6, 6.07) is 9.41. The zero-order valence-corrected chi connectivity index (χ0v) is 14.4. The van der Waals surface area contributed by atoms with Crippen molar-refractivity contribution >= 4 is 11.9 Å². The third kappa shape index (κ3) is 8.73. The Morgan fingerprint density at radius 2 is 1.79 bits per heavy atom. The maximum Gasteiger partial charge on any atom is 0.331 e. The second kappa shape index (κ2) is 11.0. The minimum atomic E-state index is -0.512. The molecule has 0 heterocycles. The van der Waals surface area contributed by atoms with Gasteiger partial charge in [0.1, 0.15) is 12.7 Å². The number of esters is 2. The molecule has 1 aromatic rings. The molecule has 0 spiro atoms. The van der Waals surface area contributed by atoms with Crippen molar-refractivity contribution in [2.24, 2.45) is 0 Å². The van der Waals surface area contributed by atoms with Crippen molar-refractivity contribution in [3.63, 3.8) is 0 Å². The maximum atomic E-state index is 11.6. The summed E-state index contributed by atoms with van der Waals surface area (Å²) in [7, 11) is 0. The van der Waals surface area contributed by atoms with Gasteiger partial charge in [-0.05, 0) is 31.9 Å². The Labute approximate surface area is 143 Å². The number of carbonyl (C=O) groups excluding carboxylic acids is 2. The second-order valence-corrected chi connectivity index (χ2v) is 5.28. The quantitative estimate of drug-likeness (QED) is 0.409. The Morgan fingerprint density at radius 3 is 2.46 bits per heavy atom. The highest BCUT2D eigenvalue weighted by Crippen LogP contribution is 2.02. The summed E-state index contributed by atoms with van der Waals surface area (Å²) in [5.74, 6) is -0.923. The lowest BCUT2D eigenvalue weighted by molar-refractivity contribution is -0.141. The van der Waals surface area contributed by atoms with Gasteiger partial charge in [0.25, 0.3) is 0 Å². The van der Waals surface area contributed by atoms with Crippen LogP contribution in [0, 0.1) is 0 Å². The molecule has 1 atom stereocenters. The molecule has 4 heteroatoms. The monoisotopic (exact) mass is 328 g/mol. The zero-order valence-electron chi connectivity index (χ0n) is 14.4. The highest BCUT2D eigenvalue weighted by molar-refractivity contribution is 5.83. The van der Waals surface area contributed by atoms with Gasteiger partial charge in [-0.1, -0.05) is 55.0 Å². The van der Waals surface area contributed by atoms with Crippen molar-refractivity contribution < 1.29 is 19.1 Å². The van der Waals surface area contributed by atoms with Crippen molar-refractivity contribution in [2.45, 2.75) is 39.9 Å². The minimum Gasteiger partial charge on any atom is -0.458 e. The van der Waals surface area contributed by atoms with Gasteiger partial charge in [-0.3, -0.25) is 0 Å². The second-order valence-electron chi connectivity index (χ2n) is 5.28. The van der Waals surface area contributed by atoms with Crippen molar-refractivity contribution in [1.82, 2.24) is 0 Å². The fraction of sp³-hybridized carbons (Fsp3) is 0.300. The molecule has 0 radical (unpaired) electrons. The first-order chi connectivity index (χ1) is 11.5. The Kier molecular flexibility index (Phi) is 8.90. The smallest absolute Gasteiger partial charge is 0.331 e. The molecule has 1 rings (SSSR count). The molecule has 24 heavy (non-hydrogen) atoms. The topological polar surface area (TPSA) is 52.6 Å². The van der Waals surface area contributed by atoms with Gasteiger partial charge in [0.2, 0.25) is 0 Å². The minimum absolute atomic E-state index is 0.212. The van der Waals surface area contributed by atoms with Crippen LogP contribution in [-0.4, -0.2) is 18.0 Å². The SMILES string of the molecule is CC/C=C(C)/C=C/C(=O)OC(C)/C=C/C(=O)OCc1ccccc1. The molecule has 0 saturated carbocycles. The molecule has 0 saturated heterocycles. The summed E-state index contributed by atoms with van der Waals surface area (Å²) >= 11 is 0. The first-order valence-electron chi connectivity index (χ1n) is 7.95. The zero-order chi connectivity index (χ0) is 17.8. The van der Waals surface area contributed by atoms with Crippen molar-refractivity contribution in [3.8, 4) is 0 Å². The van der Waals surface area contributed by atoms with E-state index in [0.29, 0.717) is 0 Å². The van der Waals surface area contributed by atoms with Crippen LogP contribution in [0.2, 0.25) is 0 Å². The standard InChI is InChI=1S/C20H24O4/c1-4-8-16(2)11-13-20(22)24-17(3)12-14-19(21)23-15-18-9-6-5-7-10-18/h5-14,17H,4,15H2,1-3H3/b13-11+,14-12+,16-8+. The predicted octanol–water partition coefficient (Wildman–Crippen LogP) is 4.13. The van der Waals surface area contributed by atoms with Gasteiger partial charge in [0, 0.05) is 12.2 Å². The fourth-order valence-electron chi connectivity index (χ4n) is 1.84. The average molecular weight is 328 g/mol. The average Bonchev–Trinajstić information content (AvgIpc) is 2.57. The number of hydrogen-bond acceptors (Lipinski definition) is 4. The number of benzene rings is 1. The maximum absolute atomic E-state index is 11.6. The van der Waals surface area contributed by atoms with Crippen LogP contribution in [0.25, 0.3) is 0 Å². The van der Waals surface area contributed by atoms with Gasteiger partial charge >= 0.3 is 11.9 Å². The molecule has 0 aromatic heterocycles. The van der Waals surface area contributed by atoms with Gasteiger partial charge in [0.05, 0.1) is 0 Å². The van der Waals surface area contributed by atoms with Crippen molar-refractivity contribution in [1.29, 1.82) is 0 Å². The van der Waals surface area contributed by atoms with Crippen molar-refractivity contribution in [2.75, 3.05) is 0 Å². The van der Waals surface area contributed by atoms with Crippen LogP contribution in [0.5, 0.6) is 0 Å². The van der Waals surface area contributed by atoms with E-state index in [2.05, 4.69) is 0 Å². The van der Waals surface area contributed by atoms with Crippen molar-refractivity contribution in [3.05, 3.63) is 71.8 Å². The van der Waals surface area contributed by atoms with E-state index in [0.717, 1.165) is 17.6 Å². The summed E-state index contributed by atoms with van der Waals surface area (Å²) in [5, 5.41) is 0. The van der Waals surface area contributed by atoms with E-state index in [-0.39, 0.29) is 6.61 Å². The number of allylic oxidation sites excluding steroid dienone is 3. The molecule has 0 aliphatic heterocycles. The molecule has 0 aliphatic carbocycles. The lowest BCUT2D eigenvalue weighted by Gasteiger charge is -2.07. The molecular weight excluding hydrogens is 304 g/mol. The molecule has 1 unspecified atom stereocenters. The third-order valence-corrected chi connectivity index (χ3v) is 3.04. The Balaban J connectivity index is 2.36. The van der Waals surface area contributed by atoms with Crippen LogP contribution >= 0.6 is 0 Å². The molecule has 0 aliphatic rings. The van der Waals surface area contributed by atoms with E-state index in [1.165, 1.54) is 18.2 Å². The van der Waals surface area contributed by atoms with Crippen LogP contribution in [-0.2, 0) is 25.7 Å². The first-order valence-corrected chi connectivity index (χ1v) is 7.95. The largest absolute Gasteiger partial charge is 0.458 e. The summed E-state index contributed by atoms with van der Waals surface area (Å²) in [6.07, 6.45) is 8.25. The molecule has 0 amide bonds. The van der Waals surface area contributed by atoms with E-state index < -0.39 is 18.0 Å². The van der Waals surface area contributed by atoms with Gasteiger partial charge in [-0.2, -0.15) is 0 Å². The van der Waals surface area contributed by atoms with E-state index in [1.54, 1.807) is 13.0 Å². The lowest BCUT2D eigenvalue weighted by atomic mass is 10.2. The number of carbonyl (C=O) groups is 2. The van der Waals surface area contributed by atoms with E-state index in [4.69, 9.17) is 9.47 Å². The van der Waals surface area contributed by atoms with Crippen LogP contribution in [0.1, 0.15) is 32.8 Å². The summed E-state index contributed by atoms with van der Waals surface area (Å²) in [5.41, 5.74) is 1.92. The highest BCUT2D eigenvalue weighted by atomic mass is 16.5. The predicted molar refractivity (Wildman–Crippen MR) is 94.1 cm³/mol. The van der Waals surface area contributed by atoms with E-state index in [1.807, 2.05) is 50.3 Å². The van der Waals surface area contributed by atoms with Gasteiger partial charge in [-0.15, -0.1) is 0 Å². The van der Waals surface area contributed by atoms with Gasteiger partial charge in [-0.25, -0.2) is 9.59 Å². The Bertz CT molecular complexity index is 612. The number of ether oxygens (including phenoxy) is 2. The van der Waals surface area contributed by atoms with E-state index in [9.17, 15) is 9.59 Å². The molecular formula is C20H24O4. The molecule has 0 bridgehead atoms. The Morgan fingerprint density at radius 1 is 1.08 bits per heavy atom. The molecule has 128 valence electrons. The van der Waals surface area contributed by atoms with Crippen LogP contribution in [0.3, 0.4) is 0 Å². The first kappa shape index (κ1) is 19.4. The number of hydrogen-bond donors (Lipinski definition) is 0. The third-order valence-electron chi connectivity index (χ3n) is 3.04. The van der Waals surface area contributed by atoms with E-state index >= 15 is 0 Å². The van der Waals surface area contributed by atoms with Gasteiger partial charge in [0.15, 0.2) is 0 Å². The van der Waals surface area contributed by atoms with Crippen LogP contribution < -0.4 is 0 Å². The summed E-state index contributed by atoms with van der Waals surface area (Å²) < 4.78 is 10.2. The fourth-order valence-corrected chi connectivity index (χ4v) is 1.84. The highest BCUT2D eigenvalue weighted by Gasteiger charge is 2.05. The van der Waals surface area contributed by atoms with Gasteiger partial charge < -0.3 is 9.47 Å². The summed E-state index contributed by atoms with van der Waals surface area (Å²) in [4.78, 5) is 23.3. The Hall–Kier alpha value is -2.62. The van der Waals surface area contributed by atoms with Crippen LogP contribution in [0.4, 0.5) is 0 Å². The number of rotatable bonds is 8. The lowest BCUT2D eigenvalue weighted by Crippen LogP contribution is -2.11. The summed E-state index contributed by atoms with van der Waals surface area (Å²) in [6.45, 7) is 5.84. The molecule has 1 aromatic carbocycles. The molecule has 0 fully saturated rings.